The Balaban J connectivity index is 2.56. The van der Waals surface area contributed by atoms with E-state index >= 15 is 0 Å². The first-order valence-electron chi connectivity index (χ1n) is 4.39. The highest BCUT2D eigenvalue weighted by atomic mass is 79.9. The number of nitrogens with two attached hydrogens (primary N) is 1. The molecule has 0 spiro atoms. The number of methoxy groups -OCH3 is 1. The Bertz CT molecular complexity index is 377. The Kier molecular flexibility index (Phi) is 2.27. The number of benzene rings is 1. The van der Waals surface area contributed by atoms with Gasteiger partial charge in [-0.25, -0.2) is 4.39 Å². The van der Waals surface area contributed by atoms with Gasteiger partial charge in [-0.2, -0.15) is 0 Å². The second kappa shape index (κ2) is 3.21. The van der Waals surface area contributed by atoms with Crippen molar-refractivity contribution >= 4 is 15.9 Å². The molecule has 1 aromatic rings. The molecule has 0 aliphatic heterocycles. The summed E-state index contributed by atoms with van der Waals surface area (Å²) in [6.07, 6.45) is 1.78. The van der Waals surface area contributed by atoms with E-state index in [4.69, 9.17) is 10.5 Å². The van der Waals surface area contributed by atoms with E-state index in [1.165, 1.54) is 13.2 Å². The van der Waals surface area contributed by atoms with Crippen LogP contribution in [0.15, 0.2) is 16.6 Å². The highest BCUT2D eigenvalue weighted by Crippen LogP contribution is 2.47. The minimum absolute atomic E-state index is 0.271. The summed E-state index contributed by atoms with van der Waals surface area (Å²) in [6.45, 7) is 0. The lowest BCUT2D eigenvalue weighted by molar-refractivity contribution is 0.376. The maximum atomic E-state index is 13.5. The Hall–Kier alpha value is -0.610. The van der Waals surface area contributed by atoms with Crippen LogP contribution in [0, 0.1) is 5.82 Å². The normalized spacial score (nSPS) is 18.0. The van der Waals surface area contributed by atoms with E-state index in [9.17, 15) is 4.39 Å². The first-order valence-corrected chi connectivity index (χ1v) is 5.18. The zero-order valence-electron chi connectivity index (χ0n) is 7.81. The molecule has 76 valence electrons. The largest absolute Gasteiger partial charge is 0.493 e. The van der Waals surface area contributed by atoms with Crippen molar-refractivity contribution in [1.82, 2.24) is 0 Å². The maximum absolute atomic E-state index is 13.5. The third kappa shape index (κ3) is 1.53. The molecule has 0 unspecified atom stereocenters. The van der Waals surface area contributed by atoms with Gasteiger partial charge in [0.25, 0.3) is 0 Å². The van der Waals surface area contributed by atoms with Crippen molar-refractivity contribution in [3.8, 4) is 5.75 Å². The molecule has 2 N–H and O–H groups in total. The summed E-state index contributed by atoms with van der Waals surface area (Å²) in [5, 5.41) is 0. The lowest BCUT2D eigenvalue weighted by Gasteiger charge is -2.15. The lowest BCUT2D eigenvalue weighted by atomic mass is 10.0. The molecule has 0 amide bonds. The molecule has 0 heterocycles. The van der Waals surface area contributed by atoms with Crippen molar-refractivity contribution in [3.63, 3.8) is 0 Å². The fourth-order valence-corrected chi connectivity index (χ4v) is 1.97. The fourth-order valence-electron chi connectivity index (χ4n) is 1.54. The van der Waals surface area contributed by atoms with Gasteiger partial charge in [-0.1, -0.05) is 15.9 Å². The van der Waals surface area contributed by atoms with Gasteiger partial charge in [0.15, 0.2) is 11.6 Å². The zero-order valence-corrected chi connectivity index (χ0v) is 9.40. The number of ether oxygens (including phenoxy) is 1. The van der Waals surface area contributed by atoms with Gasteiger partial charge in [0.1, 0.15) is 0 Å². The maximum Gasteiger partial charge on any atom is 0.166 e. The van der Waals surface area contributed by atoms with Gasteiger partial charge >= 0.3 is 0 Å². The standard InChI is InChI=1S/C10H11BrFNO/c1-14-9-7(10(13)2-3-10)4-6(11)5-8(9)12/h4-5H,2-3,13H2,1H3. The summed E-state index contributed by atoms with van der Waals surface area (Å²) in [7, 11) is 1.46. The molecular weight excluding hydrogens is 249 g/mol. The van der Waals surface area contributed by atoms with E-state index in [0.717, 1.165) is 18.4 Å². The molecule has 0 radical (unpaired) electrons. The van der Waals surface area contributed by atoms with Crippen LogP contribution in [0.5, 0.6) is 5.75 Å². The number of hydrogen-bond acceptors (Lipinski definition) is 2. The fraction of sp³-hybridized carbons (Fsp3) is 0.400. The van der Waals surface area contributed by atoms with Crippen LogP contribution < -0.4 is 10.5 Å². The molecule has 1 saturated carbocycles. The third-order valence-electron chi connectivity index (χ3n) is 2.54. The van der Waals surface area contributed by atoms with E-state index in [0.29, 0.717) is 4.47 Å². The van der Waals surface area contributed by atoms with Crippen molar-refractivity contribution in [2.24, 2.45) is 5.73 Å². The van der Waals surface area contributed by atoms with Crippen molar-refractivity contribution < 1.29 is 9.13 Å². The van der Waals surface area contributed by atoms with Crippen LogP contribution in [0.3, 0.4) is 0 Å². The van der Waals surface area contributed by atoms with Gasteiger partial charge in [-0.15, -0.1) is 0 Å². The number of hydrogen-bond donors (Lipinski definition) is 1. The molecule has 1 aliphatic rings. The molecule has 2 nitrogen and oxygen atoms in total. The first kappa shape index (κ1) is 9.93. The van der Waals surface area contributed by atoms with Crippen LogP contribution in [-0.4, -0.2) is 7.11 Å². The molecule has 0 saturated heterocycles. The van der Waals surface area contributed by atoms with Crippen molar-refractivity contribution in [1.29, 1.82) is 0 Å². The summed E-state index contributed by atoms with van der Waals surface area (Å²) in [4.78, 5) is 0. The molecule has 1 aliphatic carbocycles. The molecule has 2 rings (SSSR count). The van der Waals surface area contributed by atoms with Gasteiger partial charge in [-0.05, 0) is 25.0 Å². The smallest absolute Gasteiger partial charge is 0.166 e. The minimum Gasteiger partial charge on any atom is -0.493 e. The van der Waals surface area contributed by atoms with E-state index in [-0.39, 0.29) is 17.1 Å². The first-order chi connectivity index (χ1) is 6.57. The quantitative estimate of drug-likeness (QED) is 0.886. The zero-order chi connectivity index (χ0) is 10.3. The summed E-state index contributed by atoms with van der Waals surface area (Å²) >= 11 is 3.25. The van der Waals surface area contributed by atoms with Crippen LogP contribution in [0.4, 0.5) is 4.39 Å². The highest BCUT2D eigenvalue weighted by molar-refractivity contribution is 9.10. The monoisotopic (exact) mass is 259 g/mol. The predicted molar refractivity (Wildman–Crippen MR) is 55.8 cm³/mol. The van der Waals surface area contributed by atoms with E-state index in [2.05, 4.69) is 15.9 Å². The van der Waals surface area contributed by atoms with Crippen LogP contribution in [0.1, 0.15) is 18.4 Å². The lowest BCUT2D eigenvalue weighted by Crippen LogP contribution is -2.20. The van der Waals surface area contributed by atoms with Gasteiger partial charge in [-0.3, -0.25) is 0 Å². The number of rotatable bonds is 2. The summed E-state index contributed by atoms with van der Waals surface area (Å²) in [5.74, 6) is -0.0956. The molecule has 4 heteroatoms. The molecule has 1 fully saturated rings. The topological polar surface area (TPSA) is 35.2 Å². The molecule has 0 atom stereocenters. The predicted octanol–water partition coefficient (Wildman–Crippen LogP) is 2.54. The Morgan fingerprint density at radius 2 is 2.14 bits per heavy atom. The Morgan fingerprint density at radius 1 is 1.50 bits per heavy atom. The molecule has 14 heavy (non-hydrogen) atoms. The van der Waals surface area contributed by atoms with Gasteiger partial charge in [0.05, 0.1) is 7.11 Å². The van der Waals surface area contributed by atoms with Crippen molar-refractivity contribution in [2.75, 3.05) is 7.11 Å². The Morgan fingerprint density at radius 3 is 2.64 bits per heavy atom. The van der Waals surface area contributed by atoms with E-state index in [1.807, 2.05) is 6.07 Å². The van der Waals surface area contributed by atoms with E-state index in [1.54, 1.807) is 0 Å². The van der Waals surface area contributed by atoms with Gasteiger partial charge in [0.2, 0.25) is 0 Å². The highest BCUT2D eigenvalue weighted by Gasteiger charge is 2.43. The van der Waals surface area contributed by atoms with Crippen molar-refractivity contribution in [2.45, 2.75) is 18.4 Å². The Labute approximate surface area is 90.4 Å². The third-order valence-corrected chi connectivity index (χ3v) is 3.00. The van der Waals surface area contributed by atoms with Crippen molar-refractivity contribution in [3.05, 3.63) is 28.0 Å². The van der Waals surface area contributed by atoms with Crippen LogP contribution >= 0.6 is 15.9 Å². The SMILES string of the molecule is COc1c(F)cc(Br)cc1C1(N)CC1. The average molecular weight is 260 g/mol. The summed E-state index contributed by atoms with van der Waals surface area (Å²) in [5.41, 5.74) is 6.39. The second-order valence-electron chi connectivity index (χ2n) is 3.62. The number of halogens is 2. The average Bonchev–Trinajstić information content (AvgIpc) is 2.84. The molecule has 0 bridgehead atoms. The van der Waals surface area contributed by atoms with Gasteiger partial charge < -0.3 is 10.5 Å². The van der Waals surface area contributed by atoms with Crippen LogP contribution in [0.2, 0.25) is 0 Å². The molecule has 0 aromatic heterocycles. The summed E-state index contributed by atoms with van der Waals surface area (Å²) in [6, 6.07) is 3.21. The van der Waals surface area contributed by atoms with Gasteiger partial charge in [0, 0.05) is 15.6 Å². The van der Waals surface area contributed by atoms with Crippen LogP contribution in [-0.2, 0) is 5.54 Å². The minimum atomic E-state index is -0.379. The molecule has 1 aromatic carbocycles. The van der Waals surface area contributed by atoms with Crippen LogP contribution in [0.25, 0.3) is 0 Å². The van der Waals surface area contributed by atoms with E-state index < -0.39 is 0 Å². The second-order valence-corrected chi connectivity index (χ2v) is 4.54. The summed E-state index contributed by atoms with van der Waals surface area (Å²) < 4.78 is 19.2. The molecular formula is C10H11BrFNO.